The van der Waals surface area contributed by atoms with Crippen molar-refractivity contribution in [1.82, 2.24) is 0 Å². The molecule has 3 rings (SSSR count). The summed E-state index contributed by atoms with van der Waals surface area (Å²) in [5, 5.41) is 0. The van der Waals surface area contributed by atoms with Crippen molar-refractivity contribution in [1.29, 1.82) is 0 Å². The van der Waals surface area contributed by atoms with Gasteiger partial charge in [0.05, 0.1) is 0 Å². The van der Waals surface area contributed by atoms with E-state index in [-0.39, 0.29) is 11.2 Å². The molecule has 1 atom stereocenters. The maximum Gasteiger partial charge on any atom is 0.187 e. The summed E-state index contributed by atoms with van der Waals surface area (Å²) in [7, 11) is 0. The third-order valence-corrected chi connectivity index (χ3v) is 4.61. The van der Waals surface area contributed by atoms with E-state index in [4.69, 9.17) is 4.74 Å². The van der Waals surface area contributed by atoms with Gasteiger partial charge in [-0.1, -0.05) is 18.9 Å². The molecular weight excluding hydrogens is 188 g/mol. The number of carbonyl (C=O) groups is 1. The lowest BCUT2D eigenvalue weighted by atomic mass is 9.62. The Morgan fingerprint density at radius 1 is 1.13 bits per heavy atom. The topological polar surface area (TPSA) is 26.3 Å². The van der Waals surface area contributed by atoms with Crippen LogP contribution in [0.25, 0.3) is 0 Å². The highest BCUT2D eigenvalue weighted by molar-refractivity contribution is 5.99. The van der Waals surface area contributed by atoms with Gasteiger partial charge in [-0.15, -0.1) is 0 Å². The second kappa shape index (κ2) is 3.18. The van der Waals surface area contributed by atoms with Crippen LogP contribution in [0, 0.1) is 5.41 Å². The summed E-state index contributed by atoms with van der Waals surface area (Å²) < 4.78 is 5.93. The fourth-order valence-corrected chi connectivity index (χ4v) is 3.86. The Hall–Kier alpha value is -0.630. The quantitative estimate of drug-likeness (QED) is 0.609. The van der Waals surface area contributed by atoms with E-state index in [0.29, 0.717) is 0 Å². The van der Waals surface area contributed by atoms with E-state index in [1.807, 2.05) is 0 Å². The first kappa shape index (κ1) is 9.59. The molecule has 82 valence electrons. The number of fused-ring (bicyclic) bond motifs is 1. The lowest BCUT2D eigenvalue weighted by Gasteiger charge is -2.45. The highest BCUT2D eigenvalue weighted by Crippen LogP contribution is 2.56. The van der Waals surface area contributed by atoms with Crippen LogP contribution in [-0.4, -0.2) is 18.0 Å². The molecule has 0 N–H and O–H groups in total. The van der Waals surface area contributed by atoms with Gasteiger partial charge in [-0.25, -0.2) is 0 Å². The molecule has 1 saturated carbocycles. The molecule has 0 amide bonds. The normalized spacial score (nSPS) is 38.3. The Kier molecular flexibility index (Phi) is 2.03. The monoisotopic (exact) mass is 206 g/mol. The molecule has 15 heavy (non-hydrogen) atoms. The first-order valence-corrected chi connectivity index (χ1v) is 6.14. The lowest BCUT2D eigenvalue weighted by molar-refractivity contribution is -0.153. The SMILES string of the molecule is O=C1C=CCC2(CCCC2)[C@@]12CCCO2. The van der Waals surface area contributed by atoms with E-state index in [0.717, 1.165) is 25.9 Å². The number of rotatable bonds is 0. The van der Waals surface area contributed by atoms with E-state index in [1.54, 1.807) is 6.08 Å². The van der Waals surface area contributed by atoms with E-state index in [2.05, 4.69) is 6.08 Å². The summed E-state index contributed by atoms with van der Waals surface area (Å²) in [6.45, 7) is 0.779. The maximum atomic E-state index is 12.2. The van der Waals surface area contributed by atoms with Gasteiger partial charge in [0.25, 0.3) is 0 Å². The third-order valence-electron chi connectivity index (χ3n) is 4.61. The molecule has 0 bridgehead atoms. The Morgan fingerprint density at radius 3 is 2.60 bits per heavy atom. The van der Waals surface area contributed by atoms with Gasteiger partial charge in [-0.2, -0.15) is 0 Å². The molecule has 2 nitrogen and oxygen atoms in total. The zero-order chi connectivity index (χ0) is 10.4. The maximum absolute atomic E-state index is 12.2. The molecule has 3 aliphatic rings. The summed E-state index contributed by atoms with van der Waals surface area (Å²) in [5.41, 5.74) is -0.256. The van der Waals surface area contributed by atoms with Crippen molar-refractivity contribution in [2.24, 2.45) is 5.41 Å². The fourth-order valence-electron chi connectivity index (χ4n) is 3.86. The predicted molar refractivity (Wildman–Crippen MR) is 57.6 cm³/mol. The Labute approximate surface area is 90.7 Å². The van der Waals surface area contributed by atoms with Crippen LogP contribution >= 0.6 is 0 Å². The van der Waals surface area contributed by atoms with Gasteiger partial charge in [0.2, 0.25) is 0 Å². The van der Waals surface area contributed by atoms with Crippen molar-refractivity contribution < 1.29 is 9.53 Å². The summed E-state index contributed by atoms with van der Waals surface area (Å²) in [5.74, 6) is 0.244. The van der Waals surface area contributed by atoms with Crippen LogP contribution in [0.15, 0.2) is 12.2 Å². The Balaban J connectivity index is 2.05. The summed E-state index contributed by atoms with van der Waals surface area (Å²) in [6.07, 6.45) is 11.8. The minimum Gasteiger partial charge on any atom is -0.366 e. The highest BCUT2D eigenvalue weighted by Gasteiger charge is 2.59. The lowest BCUT2D eigenvalue weighted by Crippen LogP contribution is -2.53. The van der Waals surface area contributed by atoms with Crippen molar-refractivity contribution in [3.8, 4) is 0 Å². The summed E-state index contributed by atoms with van der Waals surface area (Å²) in [4.78, 5) is 12.2. The minimum absolute atomic E-state index is 0.162. The third kappa shape index (κ3) is 1.12. The summed E-state index contributed by atoms with van der Waals surface area (Å²) >= 11 is 0. The molecule has 0 unspecified atom stereocenters. The second-order valence-electron chi connectivity index (χ2n) is 5.24. The van der Waals surface area contributed by atoms with Gasteiger partial charge in [-0.05, 0) is 38.2 Å². The van der Waals surface area contributed by atoms with Crippen LogP contribution in [0.5, 0.6) is 0 Å². The van der Waals surface area contributed by atoms with E-state index < -0.39 is 5.60 Å². The smallest absolute Gasteiger partial charge is 0.187 e. The molecule has 0 aromatic carbocycles. The van der Waals surface area contributed by atoms with Gasteiger partial charge >= 0.3 is 0 Å². The van der Waals surface area contributed by atoms with Gasteiger partial charge in [0, 0.05) is 12.0 Å². The zero-order valence-electron chi connectivity index (χ0n) is 9.13. The molecule has 1 saturated heterocycles. The second-order valence-corrected chi connectivity index (χ2v) is 5.24. The molecule has 0 aromatic rings. The average molecular weight is 206 g/mol. The molecule has 0 aromatic heterocycles. The average Bonchev–Trinajstić information content (AvgIpc) is 2.84. The van der Waals surface area contributed by atoms with E-state index in [1.165, 1.54) is 25.7 Å². The zero-order valence-corrected chi connectivity index (χ0v) is 9.13. The van der Waals surface area contributed by atoms with Gasteiger partial charge in [0.1, 0.15) is 5.60 Å². The van der Waals surface area contributed by atoms with Crippen molar-refractivity contribution in [2.45, 2.75) is 50.5 Å². The molecule has 2 fully saturated rings. The Bertz CT molecular complexity index is 304. The molecule has 0 radical (unpaired) electrons. The first-order valence-electron chi connectivity index (χ1n) is 6.14. The number of ketones is 1. The molecule has 1 aliphatic heterocycles. The fraction of sp³-hybridized carbons (Fsp3) is 0.769. The van der Waals surface area contributed by atoms with Crippen molar-refractivity contribution in [2.75, 3.05) is 6.61 Å². The largest absolute Gasteiger partial charge is 0.366 e. The summed E-state index contributed by atoms with van der Waals surface area (Å²) in [6, 6.07) is 0. The molecule has 2 spiro atoms. The standard InChI is InChI=1S/C13H18O2/c14-11-5-3-8-12(6-1-2-7-12)13(11)9-4-10-15-13/h3,5H,1-2,4,6-10H2/t13-/m1/s1. The molecule has 1 heterocycles. The van der Waals surface area contributed by atoms with Crippen LogP contribution in [-0.2, 0) is 9.53 Å². The number of allylic oxidation sites excluding steroid dienone is 1. The molecular formula is C13H18O2. The predicted octanol–water partition coefficient (Wildman–Crippen LogP) is 2.63. The van der Waals surface area contributed by atoms with Gasteiger partial charge in [-0.3, -0.25) is 4.79 Å². The first-order chi connectivity index (χ1) is 7.29. The van der Waals surface area contributed by atoms with Gasteiger partial charge in [0.15, 0.2) is 5.78 Å². The number of hydrogen-bond acceptors (Lipinski definition) is 2. The van der Waals surface area contributed by atoms with Crippen LogP contribution < -0.4 is 0 Å². The van der Waals surface area contributed by atoms with Crippen LogP contribution in [0.2, 0.25) is 0 Å². The number of ether oxygens (including phenoxy) is 1. The van der Waals surface area contributed by atoms with Gasteiger partial charge < -0.3 is 4.74 Å². The van der Waals surface area contributed by atoms with Crippen molar-refractivity contribution >= 4 is 5.78 Å². The van der Waals surface area contributed by atoms with Crippen molar-refractivity contribution in [3.63, 3.8) is 0 Å². The van der Waals surface area contributed by atoms with E-state index >= 15 is 0 Å². The highest BCUT2D eigenvalue weighted by atomic mass is 16.5. The molecule has 2 aliphatic carbocycles. The molecule has 2 heteroatoms. The van der Waals surface area contributed by atoms with E-state index in [9.17, 15) is 4.79 Å². The van der Waals surface area contributed by atoms with Crippen LogP contribution in [0.3, 0.4) is 0 Å². The van der Waals surface area contributed by atoms with Crippen LogP contribution in [0.4, 0.5) is 0 Å². The van der Waals surface area contributed by atoms with Crippen molar-refractivity contribution in [3.05, 3.63) is 12.2 Å². The van der Waals surface area contributed by atoms with Crippen LogP contribution in [0.1, 0.15) is 44.9 Å². The minimum atomic E-state index is -0.418. The Morgan fingerprint density at radius 2 is 1.93 bits per heavy atom. The number of carbonyl (C=O) groups excluding carboxylic acids is 1. The number of hydrogen-bond donors (Lipinski definition) is 0.